The van der Waals surface area contributed by atoms with Crippen molar-refractivity contribution >= 4 is 10.8 Å². The van der Waals surface area contributed by atoms with Crippen LogP contribution < -0.4 is 0 Å². The minimum Gasteiger partial charge on any atom is -0.251 e. The van der Waals surface area contributed by atoms with Gasteiger partial charge in [-0.25, -0.2) is 9.78 Å². The van der Waals surface area contributed by atoms with E-state index in [0.29, 0.717) is 0 Å². The summed E-state index contributed by atoms with van der Waals surface area (Å²) in [4.78, 5) is 8.18. The average molecular weight is 222 g/mol. The van der Waals surface area contributed by atoms with Gasteiger partial charge in [0.05, 0.1) is 12.4 Å². The summed E-state index contributed by atoms with van der Waals surface area (Å²) in [6.45, 7) is 0.0495. The van der Waals surface area contributed by atoms with E-state index in [1.165, 1.54) is 0 Å². The Labute approximate surface area is 90.9 Å². The molecule has 0 saturated carbocycles. The predicted molar refractivity (Wildman–Crippen MR) is 54.4 cm³/mol. The summed E-state index contributed by atoms with van der Waals surface area (Å²) in [6.07, 6.45) is 3.22. The number of rotatable bonds is 4. The maximum absolute atomic E-state index is 8.45. The minimum atomic E-state index is 0.0248. The highest BCUT2D eigenvalue weighted by Crippen LogP contribution is 2.20. The van der Waals surface area contributed by atoms with Crippen molar-refractivity contribution in [2.24, 2.45) is 0 Å². The fourth-order valence-corrected chi connectivity index (χ4v) is 1.55. The van der Waals surface area contributed by atoms with Crippen LogP contribution in [0.5, 0.6) is 0 Å². The lowest BCUT2D eigenvalue weighted by atomic mass is 10.0. The predicted octanol–water partition coefficient (Wildman–Crippen LogP) is 1.61. The van der Waals surface area contributed by atoms with Crippen LogP contribution in [-0.2, 0) is 23.0 Å². The van der Waals surface area contributed by atoms with Gasteiger partial charge in [-0.05, 0) is 23.3 Å². The van der Waals surface area contributed by atoms with Crippen molar-refractivity contribution in [3.63, 3.8) is 0 Å². The molecule has 2 rings (SSSR count). The number of fused-ring (bicyclic) bond motifs is 1. The fourth-order valence-electron chi connectivity index (χ4n) is 1.55. The maximum atomic E-state index is 8.45. The fraction of sp³-hybridized carbons (Fsp3) is 0.200. The SMILES string of the molecule is OOCc1cc2cnncc2cc1COO. The highest BCUT2D eigenvalue weighted by molar-refractivity contribution is 5.82. The first-order chi connectivity index (χ1) is 7.85. The van der Waals surface area contributed by atoms with Crippen molar-refractivity contribution in [2.45, 2.75) is 13.2 Å². The lowest BCUT2D eigenvalue weighted by Crippen LogP contribution is -1.98. The van der Waals surface area contributed by atoms with E-state index in [1.54, 1.807) is 24.5 Å². The smallest absolute Gasteiger partial charge is 0.107 e. The Bertz CT molecular complexity index is 445. The first-order valence-electron chi connectivity index (χ1n) is 4.60. The molecule has 1 aromatic heterocycles. The van der Waals surface area contributed by atoms with E-state index >= 15 is 0 Å². The van der Waals surface area contributed by atoms with Gasteiger partial charge in [-0.1, -0.05) is 0 Å². The number of aromatic nitrogens is 2. The number of benzene rings is 1. The van der Waals surface area contributed by atoms with Crippen LogP contribution in [-0.4, -0.2) is 20.7 Å². The van der Waals surface area contributed by atoms with Crippen molar-refractivity contribution < 1.29 is 20.3 Å². The van der Waals surface area contributed by atoms with Gasteiger partial charge in [0.15, 0.2) is 0 Å². The summed E-state index contributed by atoms with van der Waals surface area (Å²) in [5.74, 6) is 0. The minimum absolute atomic E-state index is 0.0248. The highest BCUT2D eigenvalue weighted by Gasteiger charge is 2.06. The Morgan fingerprint density at radius 1 is 0.875 bits per heavy atom. The Hall–Kier alpha value is -1.60. The second kappa shape index (κ2) is 4.95. The van der Waals surface area contributed by atoms with Gasteiger partial charge in [0, 0.05) is 10.8 Å². The van der Waals surface area contributed by atoms with Gasteiger partial charge in [0.25, 0.3) is 0 Å². The van der Waals surface area contributed by atoms with E-state index in [-0.39, 0.29) is 13.2 Å². The van der Waals surface area contributed by atoms with E-state index in [0.717, 1.165) is 21.9 Å². The number of hydrogen-bond acceptors (Lipinski definition) is 6. The van der Waals surface area contributed by atoms with E-state index in [1.807, 2.05) is 0 Å². The van der Waals surface area contributed by atoms with Crippen LogP contribution in [0, 0.1) is 0 Å². The molecule has 2 aromatic rings. The third-order valence-corrected chi connectivity index (χ3v) is 2.31. The van der Waals surface area contributed by atoms with Crippen LogP contribution in [0.3, 0.4) is 0 Å². The number of hydrogen-bond donors (Lipinski definition) is 2. The van der Waals surface area contributed by atoms with Crippen molar-refractivity contribution in [1.82, 2.24) is 10.2 Å². The molecule has 0 aliphatic rings. The normalized spacial score (nSPS) is 10.9. The van der Waals surface area contributed by atoms with Crippen LogP contribution in [0.1, 0.15) is 11.1 Å². The zero-order valence-electron chi connectivity index (χ0n) is 8.33. The van der Waals surface area contributed by atoms with Gasteiger partial charge in [-0.15, -0.1) is 0 Å². The molecule has 0 aliphatic heterocycles. The van der Waals surface area contributed by atoms with E-state index < -0.39 is 0 Å². The first kappa shape index (κ1) is 10.9. The zero-order chi connectivity index (χ0) is 11.4. The molecule has 16 heavy (non-hydrogen) atoms. The summed E-state index contributed by atoms with van der Waals surface area (Å²) < 4.78 is 0. The molecule has 1 heterocycles. The molecular weight excluding hydrogens is 212 g/mol. The van der Waals surface area contributed by atoms with Gasteiger partial charge in [-0.3, -0.25) is 10.5 Å². The Morgan fingerprint density at radius 2 is 1.31 bits per heavy atom. The second-order valence-corrected chi connectivity index (χ2v) is 3.29. The quantitative estimate of drug-likeness (QED) is 0.603. The lowest BCUT2D eigenvalue weighted by Gasteiger charge is -2.08. The maximum Gasteiger partial charge on any atom is 0.107 e. The summed E-state index contributed by atoms with van der Waals surface area (Å²) >= 11 is 0. The molecule has 2 N–H and O–H groups in total. The molecule has 1 aromatic carbocycles. The molecule has 0 unspecified atom stereocenters. The van der Waals surface area contributed by atoms with Crippen molar-refractivity contribution in [1.29, 1.82) is 0 Å². The highest BCUT2D eigenvalue weighted by atomic mass is 17.1. The molecule has 0 saturated heterocycles. The molecule has 0 aliphatic carbocycles. The molecule has 6 heteroatoms. The van der Waals surface area contributed by atoms with Gasteiger partial charge < -0.3 is 0 Å². The molecule has 0 atom stereocenters. The monoisotopic (exact) mass is 222 g/mol. The van der Waals surface area contributed by atoms with Crippen molar-refractivity contribution in [3.8, 4) is 0 Å². The summed E-state index contributed by atoms with van der Waals surface area (Å²) in [5, 5.41) is 26.2. The molecular formula is C10H10N2O4. The lowest BCUT2D eigenvalue weighted by molar-refractivity contribution is -0.258. The van der Waals surface area contributed by atoms with Gasteiger partial charge in [0.1, 0.15) is 13.2 Å². The third kappa shape index (κ3) is 2.15. The topological polar surface area (TPSA) is 84.7 Å². The molecule has 0 radical (unpaired) electrons. The van der Waals surface area contributed by atoms with Crippen LogP contribution in [0.25, 0.3) is 10.8 Å². The van der Waals surface area contributed by atoms with Gasteiger partial charge >= 0.3 is 0 Å². The largest absolute Gasteiger partial charge is 0.251 e. The van der Waals surface area contributed by atoms with Gasteiger partial charge in [-0.2, -0.15) is 10.2 Å². The van der Waals surface area contributed by atoms with Crippen LogP contribution in [0.4, 0.5) is 0 Å². The van der Waals surface area contributed by atoms with Crippen LogP contribution in [0.15, 0.2) is 24.5 Å². The van der Waals surface area contributed by atoms with Crippen molar-refractivity contribution in [3.05, 3.63) is 35.7 Å². The van der Waals surface area contributed by atoms with E-state index in [4.69, 9.17) is 10.5 Å². The van der Waals surface area contributed by atoms with Crippen molar-refractivity contribution in [2.75, 3.05) is 0 Å². The summed E-state index contributed by atoms with van der Waals surface area (Å²) in [5.41, 5.74) is 1.44. The second-order valence-electron chi connectivity index (χ2n) is 3.29. The molecule has 84 valence electrons. The van der Waals surface area contributed by atoms with Crippen LogP contribution in [0.2, 0.25) is 0 Å². The van der Waals surface area contributed by atoms with Crippen LogP contribution >= 0.6 is 0 Å². The summed E-state index contributed by atoms with van der Waals surface area (Å²) in [6, 6.07) is 3.60. The zero-order valence-corrected chi connectivity index (χ0v) is 8.33. The Morgan fingerprint density at radius 3 is 1.69 bits per heavy atom. The molecule has 0 fully saturated rings. The molecule has 0 amide bonds. The molecule has 6 nitrogen and oxygen atoms in total. The standard InChI is InChI=1S/C10H10N2O4/c13-15-5-9-1-7-3-11-12-4-8(7)2-10(9)6-16-14/h1-4,13-14H,5-6H2. The van der Waals surface area contributed by atoms with E-state index in [2.05, 4.69) is 20.0 Å². The average Bonchev–Trinajstić information content (AvgIpc) is 2.30. The first-order valence-corrected chi connectivity index (χ1v) is 4.60. The van der Waals surface area contributed by atoms with Gasteiger partial charge in [0.2, 0.25) is 0 Å². The number of nitrogens with zero attached hydrogens (tertiary/aromatic N) is 2. The molecule has 0 spiro atoms. The van der Waals surface area contributed by atoms with E-state index in [9.17, 15) is 0 Å². The Kier molecular flexibility index (Phi) is 3.37. The third-order valence-electron chi connectivity index (χ3n) is 2.31. The molecule has 0 bridgehead atoms. The Balaban J connectivity index is 2.51. The summed E-state index contributed by atoms with van der Waals surface area (Å²) in [7, 11) is 0.